The number of amides is 2. The van der Waals surface area contributed by atoms with Gasteiger partial charge >= 0.3 is 18.0 Å². The van der Waals surface area contributed by atoms with E-state index in [-0.39, 0.29) is 31.5 Å². The van der Waals surface area contributed by atoms with Crippen molar-refractivity contribution in [3.05, 3.63) is 0 Å². The van der Waals surface area contributed by atoms with E-state index < -0.39 is 11.9 Å². The Morgan fingerprint density at radius 1 is 1.39 bits per heavy atom. The number of hydrogen-bond donors (Lipinski definition) is 2. The number of urea groups is 1. The minimum atomic E-state index is -0.874. The van der Waals surface area contributed by atoms with Crippen molar-refractivity contribution in [2.45, 2.75) is 19.8 Å². The van der Waals surface area contributed by atoms with E-state index in [4.69, 9.17) is 9.84 Å². The highest BCUT2D eigenvalue weighted by Gasteiger charge is 2.35. The maximum absolute atomic E-state index is 11.5. The fourth-order valence-corrected chi connectivity index (χ4v) is 1.57. The molecule has 0 atom stereocenters. The molecule has 2 amide bonds. The summed E-state index contributed by atoms with van der Waals surface area (Å²) in [5.41, 5.74) is 0. The summed E-state index contributed by atoms with van der Waals surface area (Å²) in [5.74, 6) is -1.60. The van der Waals surface area contributed by atoms with E-state index in [0.29, 0.717) is 19.6 Å². The molecule has 0 bridgehead atoms. The van der Waals surface area contributed by atoms with Gasteiger partial charge in [0.1, 0.15) is 0 Å². The molecular formula is C11H18N2O5. The SMILES string of the molecule is CCOC(=O)CCCNC(=O)N1CC(C(=O)O)C1. The molecule has 0 unspecified atom stereocenters. The van der Waals surface area contributed by atoms with Crippen LogP contribution in [0.5, 0.6) is 0 Å². The molecule has 2 N–H and O–H groups in total. The van der Waals surface area contributed by atoms with Crippen LogP contribution in [-0.4, -0.2) is 54.2 Å². The normalized spacial score (nSPS) is 14.8. The lowest BCUT2D eigenvalue weighted by molar-refractivity contribution is -0.146. The van der Waals surface area contributed by atoms with E-state index in [9.17, 15) is 14.4 Å². The summed E-state index contributed by atoms with van der Waals surface area (Å²) in [5, 5.41) is 11.3. The lowest BCUT2D eigenvalue weighted by Gasteiger charge is -2.36. The Balaban J connectivity index is 2.05. The van der Waals surface area contributed by atoms with Gasteiger partial charge in [0.15, 0.2) is 0 Å². The molecule has 1 fully saturated rings. The fraction of sp³-hybridized carbons (Fsp3) is 0.727. The van der Waals surface area contributed by atoms with E-state index in [1.54, 1.807) is 6.92 Å². The van der Waals surface area contributed by atoms with Gasteiger partial charge in [0, 0.05) is 26.1 Å². The maximum atomic E-state index is 11.5. The van der Waals surface area contributed by atoms with E-state index in [1.807, 2.05) is 0 Å². The maximum Gasteiger partial charge on any atom is 0.317 e. The van der Waals surface area contributed by atoms with Crippen molar-refractivity contribution in [2.24, 2.45) is 5.92 Å². The lowest BCUT2D eigenvalue weighted by Crippen LogP contribution is -2.56. The second-order valence-corrected chi connectivity index (χ2v) is 4.08. The van der Waals surface area contributed by atoms with Gasteiger partial charge in [0.2, 0.25) is 0 Å². The van der Waals surface area contributed by atoms with Crippen LogP contribution >= 0.6 is 0 Å². The number of carboxylic acids is 1. The Morgan fingerprint density at radius 3 is 2.61 bits per heavy atom. The van der Waals surface area contributed by atoms with Crippen LogP contribution in [0.25, 0.3) is 0 Å². The molecule has 0 radical (unpaired) electrons. The molecule has 18 heavy (non-hydrogen) atoms. The van der Waals surface area contributed by atoms with Crippen molar-refractivity contribution >= 4 is 18.0 Å². The summed E-state index contributed by atoms with van der Waals surface area (Å²) >= 11 is 0. The van der Waals surface area contributed by atoms with Crippen LogP contribution < -0.4 is 5.32 Å². The third kappa shape index (κ3) is 4.23. The Kier molecular flexibility index (Phi) is 5.41. The Hall–Kier alpha value is -1.79. The third-order valence-corrected chi connectivity index (χ3v) is 2.66. The van der Waals surface area contributed by atoms with Gasteiger partial charge in [-0.2, -0.15) is 0 Å². The first-order valence-corrected chi connectivity index (χ1v) is 5.95. The number of nitrogens with zero attached hydrogens (tertiary/aromatic N) is 1. The molecule has 0 aliphatic carbocycles. The monoisotopic (exact) mass is 258 g/mol. The topological polar surface area (TPSA) is 95.9 Å². The van der Waals surface area contributed by atoms with Crippen LogP contribution in [-0.2, 0) is 14.3 Å². The summed E-state index contributed by atoms with van der Waals surface area (Å²) in [4.78, 5) is 34.4. The fourth-order valence-electron chi connectivity index (χ4n) is 1.57. The largest absolute Gasteiger partial charge is 0.481 e. The third-order valence-electron chi connectivity index (χ3n) is 2.66. The van der Waals surface area contributed by atoms with Crippen molar-refractivity contribution in [2.75, 3.05) is 26.2 Å². The average molecular weight is 258 g/mol. The van der Waals surface area contributed by atoms with E-state index in [0.717, 1.165) is 0 Å². The van der Waals surface area contributed by atoms with E-state index in [2.05, 4.69) is 5.32 Å². The molecule has 0 spiro atoms. The number of esters is 1. The molecule has 7 heteroatoms. The molecule has 1 aliphatic heterocycles. The number of nitrogens with one attached hydrogen (secondary N) is 1. The molecule has 1 heterocycles. The quantitative estimate of drug-likeness (QED) is 0.518. The summed E-state index contributed by atoms with van der Waals surface area (Å²) in [6.45, 7) is 2.97. The molecule has 0 saturated carbocycles. The Morgan fingerprint density at radius 2 is 2.06 bits per heavy atom. The standard InChI is InChI=1S/C11H18N2O5/c1-2-18-9(14)4-3-5-12-11(17)13-6-8(7-13)10(15)16/h8H,2-7H2,1H3,(H,12,17)(H,15,16). The van der Waals surface area contributed by atoms with Crippen molar-refractivity contribution in [1.29, 1.82) is 0 Å². The molecule has 1 rings (SSSR count). The molecule has 7 nitrogen and oxygen atoms in total. The number of likely N-dealkylation sites (tertiary alicyclic amines) is 1. The first kappa shape index (κ1) is 14.3. The van der Waals surface area contributed by atoms with Gasteiger partial charge in [-0.1, -0.05) is 0 Å². The number of aliphatic carboxylic acids is 1. The first-order valence-electron chi connectivity index (χ1n) is 5.95. The number of carbonyl (C=O) groups excluding carboxylic acids is 2. The van der Waals surface area contributed by atoms with Crippen LogP contribution in [0.15, 0.2) is 0 Å². The minimum Gasteiger partial charge on any atom is -0.481 e. The van der Waals surface area contributed by atoms with Crippen molar-refractivity contribution in [3.63, 3.8) is 0 Å². The summed E-state index contributed by atoms with van der Waals surface area (Å²) in [6, 6.07) is -0.281. The first-order chi connectivity index (χ1) is 8.54. The number of rotatable bonds is 6. The molecule has 1 aliphatic rings. The number of hydrogen-bond acceptors (Lipinski definition) is 4. The van der Waals surface area contributed by atoms with Gasteiger partial charge in [0.25, 0.3) is 0 Å². The van der Waals surface area contributed by atoms with Gasteiger partial charge in [-0.15, -0.1) is 0 Å². The predicted molar refractivity (Wildman–Crippen MR) is 62.0 cm³/mol. The average Bonchev–Trinajstić information content (AvgIpc) is 2.22. The van der Waals surface area contributed by atoms with Crippen molar-refractivity contribution in [3.8, 4) is 0 Å². The molecule has 102 valence electrons. The zero-order chi connectivity index (χ0) is 13.5. The van der Waals surface area contributed by atoms with Crippen molar-refractivity contribution in [1.82, 2.24) is 10.2 Å². The summed E-state index contributed by atoms with van der Waals surface area (Å²) < 4.78 is 4.74. The van der Waals surface area contributed by atoms with Crippen LogP contribution in [0.1, 0.15) is 19.8 Å². The second kappa shape index (κ2) is 6.83. The summed E-state index contributed by atoms with van der Waals surface area (Å²) in [6.07, 6.45) is 0.784. The van der Waals surface area contributed by atoms with Gasteiger partial charge in [0.05, 0.1) is 12.5 Å². The molecule has 0 aromatic heterocycles. The molecule has 0 aromatic carbocycles. The Labute approximate surface area is 105 Å². The van der Waals surface area contributed by atoms with Gasteiger partial charge < -0.3 is 20.1 Å². The zero-order valence-corrected chi connectivity index (χ0v) is 10.3. The highest BCUT2D eigenvalue weighted by atomic mass is 16.5. The zero-order valence-electron chi connectivity index (χ0n) is 10.3. The van der Waals surface area contributed by atoms with Crippen LogP contribution in [0.4, 0.5) is 4.79 Å². The molecule has 1 saturated heterocycles. The highest BCUT2D eigenvalue weighted by Crippen LogP contribution is 2.15. The van der Waals surface area contributed by atoms with Crippen LogP contribution in [0.2, 0.25) is 0 Å². The van der Waals surface area contributed by atoms with Gasteiger partial charge in [-0.05, 0) is 13.3 Å². The predicted octanol–water partition coefficient (Wildman–Crippen LogP) is 0.0557. The lowest BCUT2D eigenvalue weighted by atomic mass is 10.0. The molecule has 0 aromatic rings. The van der Waals surface area contributed by atoms with Gasteiger partial charge in [-0.3, -0.25) is 9.59 Å². The van der Waals surface area contributed by atoms with Crippen molar-refractivity contribution < 1.29 is 24.2 Å². The van der Waals surface area contributed by atoms with E-state index in [1.165, 1.54) is 4.90 Å². The highest BCUT2D eigenvalue weighted by molar-refractivity contribution is 5.79. The summed E-state index contributed by atoms with van der Waals surface area (Å²) in [7, 11) is 0. The minimum absolute atomic E-state index is 0.249. The second-order valence-electron chi connectivity index (χ2n) is 4.08. The van der Waals surface area contributed by atoms with Crippen LogP contribution in [0.3, 0.4) is 0 Å². The smallest absolute Gasteiger partial charge is 0.317 e. The van der Waals surface area contributed by atoms with Gasteiger partial charge in [-0.25, -0.2) is 4.79 Å². The van der Waals surface area contributed by atoms with E-state index >= 15 is 0 Å². The Bertz CT molecular complexity index is 325. The van der Waals surface area contributed by atoms with Crippen LogP contribution in [0, 0.1) is 5.92 Å². The number of carboxylic acid groups (broad SMARTS) is 1. The number of ether oxygens (including phenoxy) is 1. The number of carbonyl (C=O) groups is 3. The molecular weight excluding hydrogens is 240 g/mol.